The smallest absolute Gasteiger partial charge is 0.161 e. The quantitative estimate of drug-likeness (QED) is 0.805. The maximum absolute atomic E-state index is 11.9. The maximum Gasteiger partial charge on any atom is 0.161 e. The van der Waals surface area contributed by atoms with Crippen LogP contribution in [0.25, 0.3) is 0 Å². The topological polar surface area (TPSA) is 47.3 Å². The van der Waals surface area contributed by atoms with Gasteiger partial charge in [0.25, 0.3) is 0 Å². The van der Waals surface area contributed by atoms with Gasteiger partial charge in [0.05, 0.1) is 11.6 Å². The summed E-state index contributed by atoms with van der Waals surface area (Å²) >= 11 is 0. The molecule has 0 aromatic heterocycles. The molecule has 0 spiro atoms. The molecular formula is C18H23N3O. The normalized spacial score (nSPS) is 20.1. The lowest BCUT2D eigenvalue weighted by molar-refractivity contribution is 0.101. The zero-order chi connectivity index (χ0) is 15.5. The highest BCUT2D eigenvalue weighted by Gasteiger charge is 2.27. The van der Waals surface area contributed by atoms with Gasteiger partial charge >= 0.3 is 0 Å². The Morgan fingerprint density at radius 2 is 1.86 bits per heavy atom. The Labute approximate surface area is 132 Å². The van der Waals surface area contributed by atoms with Crippen LogP contribution in [0.1, 0.15) is 48.5 Å². The van der Waals surface area contributed by atoms with Gasteiger partial charge in [0.2, 0.25) is 0 Å². The summed E-state index contributed by atoms with van der Waals surface area (Å²) in [5, 5.41) is 9.11. The Morgan fingerprint density at radius 1 is 1.18 bits per heavy atom. The number of rotatable bonds is 3. The summed E-state index contributed by atoms with van der Waals surface area (Å²) in [6.45, 7) is 5.58. The van der Waals surface area contributed by atoms with Crippen LogP contribution >= 0.6 is 0 Å². The highest BCUT2D eigenvalue weighted by Crippen LogP contribution is 2.28. The van der Waals surface area contributed by atoms with Gasteiger partial charge < -0.3 is 4.90 Å². The van der Waals surface area contributed by atoms with E-state index in [1.54, 1.807) is 19.1 Å². The molecule has 4 heteroatoms. The van der Waals surface area contributed by atoms with Crippen LogP contribution in [0.5, 0.6) is 0 Å². The average molecular weight is 297 g/mol. The van der Waals surface area contributed by atoms with E-state index in [9.17, 15) is 4.79 Å². The fourth-order valence-corrected chi connectivity index (χ4v) is 3.76. The molecule has 0 atom stereocenters. The predicted octanol–water partition coefficient (Wildman–Crippen LogP) is 2.83. The molecule has 116 valence electrons. The molecule has 4 nitrogen and oxygen atoms in total. The first-order valence-corrected chi connectivity index (χ1v) is 8.23. The number of anilines is 1. The fourth-order valence-electron chi connectivity index (χ4n) is 3.76. The van der Waals surface area contributed by atoms with Crippen LogP contribution in [0.3, 0.4) is 0 Å². The van der Waals surface area contributed by atoms with Crippen LogP contribution in [0.15, 0.2) is 18.2 Å². The van der Waals surface area contributed by atoms with E-state index >= 15 is 0 Å². The largest absolute Gasteiger partial charge is 0.368 e. The summed E-state index contributed by atoms with van der Waals surface area (Å²) in [5.41, 5.74) is 2.28. The first kappa shape index (κ1) is 15.1. The van der Waals surface area contributed by atoms with Crippen LogP contribution in [0, 0.1) is 11.3 Å². The molecule has 0 N–H and O–H groups in total. The maximum atomic E-state index is 11.9. The minimum Gasteiger partial charge on any atom is -0.368 e. The molecule has 1 aromatic carbocycles. The number of benzene rings is 1. The highest BCUT2D eigenvalue weighted by molar-refractivity contribution is 6.00. The molecular weight excluding hydrogens is 274 g/mol. The molecule has 1 saturated carbocycles. The summed E-state index contributed by atoms with van der Waals surface area (Å²) in [7, 11) is 0. The first-order chi connectivity index (χ1) is 10.7. The molecule has 0 amide bonds. The average Bonchev–Trinajstić information content (AvgIpc) is 3.09. The standard InChI is InChI=1S/C18H23N3O/c1-14(22)17-7-6-15(13-19)12-18(17)21-10-8-20(9-11-21)16-4-2-3-5-16/h6-7,12,16H,2-5,8-11H2,1H3. The van der Waals surface area contributed by atoms with Gasteiger partial charge in [-0.05, 0) is 38.0 Å². The van der Waals surface area contributed by atoms with Crippen molar-refractivity contribution < 1.29 is 4.79 Å². The molecule has 2 aliphatic rings. The van der Waals surface area contributed by atoms with E-state index in [0.29, 0.717) is 5.56 Å². The number of Topliss-reactive ketones (excluding diaryl/α,β-unsaturated/α-hetero) is 1. The van der Waals surface area contributed by atoms with Crippen molar-refractivity contribution in [3.05, 3.63) is 29.3 Å². The summed E-state index contributed by atoms with van der Waals surface area (Å²) in [6, 6.07) is 8.33. The van der Waals surface area contributed by atoms with E-state index in [1.807, 2.05) is 6.07 Å². The van der Waals surface area contributed by atoms with Crippen molar-refractivity contribution in [2.45, 2.75) is 38.6 Å². The van der Waals surface area contributed by atoms with E-state index in [-0.39, 0.29) is 5.78 Å². The molecule has 0 radical (unpaired) electrons. The van der Waals surface area contributed by atoms with Crippen molar-refractivity contribution in [1.29, 1.82) is 5.26 Å². The first-order valence-electron chi connectivity index (χ1n) is 8.23. The number of carbonyl (C=O) groups excluding carboxylic acids is 1. The van der Waals surface area contributed by atoms with E-state index < -0.39 is 0 Å². The molecule has 0 bridgehead atoms. The highest BCUT2D eigenvalue weighted by atomic mass is 16.1. The van der Waals surface area contributed by atoms with Crippen molar-refractivity contribution in [1.82, 2.24) is 4.90 Å². The summed E-state index contributed by atoms with van der Waals surface area (Å²) < 4.78 is 0. The van der Waals surface area contributed by atoms with Crippen molar-refractivity contribution in [3.8, 4) is 6.07 Å². The molecule has 1 aliphatic heterocycles. The van der Waals surface area contributed by atoms with Crippen molar-refractivity contribution in [3.63, 3.8) is 0 Å². The molecule has 1 aromatic rings. The Morgan fingerprint density at radius 3 is 2.45 bits per heavy atom. The minimum atomic E-state index is 0.0673. The third kappa shape index (κ3) is 3.00. The van der Waals surface area contributed by atoms with Crippen LogP contribution in [-0.2, 0) is 0 Å². The zero-order valence-corrected chi connectivity index (χ0v) is 13.2. The molecule has 1 heterocycles. The zero-order valence-electron chi connectivity index (χ0n) is 13.2. The van der Waals surface area contributed by atoms with Crippen LogP contribution in [0.2, 0.25) is 0 Å². The second-order valence-corrected chi connectivity index (χ2v) is 6.36. The Hall–Kier alpha value is -1.86. The summed E-state index contributed by atoms with van der Waals surface area (Å²) in [6.07, 6.45) is 5.40. The number of hydrogen-bond acceptors (Lipinski definition) is 4. The number of nitriles is 1. The van der Waals surface area contributed by atoms with Gasteiger partial charge in [0.1, 0.15) is 0 Å². The van der Waals surface area contributed by atoms with Crippen molar-refractivity contribution in [2.75, 3.05) is 31.1 Å². The number of carbonyl (C=O) groups is 1. The fraction of sp³-hybridized carbons (Fsp3) is 0.556. The second-order valence-electron chi connectivity index (χ2n) is 6.36. The van der Waals surface area contributed by atoms with Gasteiger partial charge in [-0.2, -0.15) is 5.26 Å². The lowest BCUT2D eigenvalue weighted by Crippen LogP contribution is -2.50. The summed E-state index contributed by atoms with van der Waals surface area (Å²) in [4.78, 5) is 16.7. The number of ketones is 1. The molecule has 2 fully saturated rings. The second kappa shape index (κ2) is 6.50. The lowest BCUT2D eigenvalue weighted by Gasteiger charge is -2.39. The molecule has 22 heavy (non-hydrogen) atoms. The molecule has 0 unspecified atom stereocenters. The third-order valence-corrected chi connectivity index (χ3v) is 5.00. The van der Waals surface area contributed by atoms with Crippen LogP contribution < -0.4 is 4.90 Å². The Bertz CT molecular complexity index is 591. The van der Waals surface area contributed by atoms with Crippen LogP contribution in [-0.4, -0.2) is 42.9 Å². The van der Waals surface area contributed by atoms with E-state index in [1.165, 1.54) is 25.7 Å². The monoisotopic (exact) mass is 297 g/mol. The molecule has 1 saturated heterocycles. The molecule has 3 rings (SSSR count). The predicted molar refractivity (Wildman–Crippen MR) is 87.2 cm³/mol. The van der Waals surface area contributed by atoms with Crippen molar-refractivity contribution in [2.24, 2.45) is 0 Å². The van der Waals surface area contributed by atoms with E-state index in [4.69, 9.17) is 5.26 Å². The van der Waals surface area contributed by atoms with Gasteiger partial charge in [-0.15, -0.1) is 0 Å². The summed E-state index contributed by atoms with van der Waals surface area (Å²) in [5.74, 6) is 0.0673. The van der Waals surface area contributed by atoms with Crippen LogP contribution in [0.4, 0.5) is 5.69 Å². The van der Waals surface area contributed by atoms with Gasteiger partial charge in [0.15, 0.2) is 5.78 Å². The SMILES string of the molecule is CC(=O)c1ccc(C#N)cc1N1CCN(C2CCCC2)CC1. The number of piperazine rings is 1. The number of nitrogens with zero attached hydrogens (tertiary/aromatic N) is 3. The van der Waals surface area contributed by atoms with Gasteiger partial charge in [-0.1, -0.05) is 12.8 Å². The third-order valence-electron chi connectivity index (χ3n) is 5.00. The van der Waals surface area contributed by atoms with E-state index in [0.717, 1.165) is 43.5 Å². The van der Waals surface area contributed by atoms with Gasteiger partial charge in [-0.3, -0.25) is 9.69 Å². The minimum absolute atomic E-state index is 0.0673. The Kier molecular flexibility index (Phi) is 4.44. The van der Waals surface area contributed by atoms with E-state index in [2.05, 4.69) is 15.9 Å². The Balaban J connectivity index is 1.75. The number of hydrogen-bond donors (Lipinski definition) is 0. The van der Waals surface area contributed by atoms with Crippen molar-refractivity contribution >= 4 is 11.5 Å². The van der Waals surface area contributed by atoms with Gasteiger partial charge in [0, 0.05) is 43.5 Å². The van der Waals surface area contributed by atoms with Gasteiger partial charge in [-0.25, -0.2) is 0 Å². The lowest BCUT2D eigenvalue weighted by atomic mass is 10.0. The molecule has 1 aliphatic carbocycles.